The Balaban J connectivity index is 1.61. The number of allylic oxidation sites excluding steroid dienone is 1. The normalized spacial score (nSPS) is 35.6. The maximum atomic E-state index is 12.6. The third kappa shape index (κ3) is 3.17. The molecule has 5 nitrogen and oxygen atoms in total. The van der Waals surface area contributed by atoms with Crippen LogP contribution in [0.4, 0.5) is 0 Å². The molecule has 0 unspecified atom stereocenters. The lowest BCUT2D eigenvalue weighted by atomic mass is 9.43. The van der Waals surface area contributed by atoms with Crippen molar-refractivity contribution in [2.24, 2.45) is 17.3 Å². The molecule has 144 valence electrons. The fourth-order valence-corrected chi connectivity index (χ4v) is 5.63. The molecule has 1 heterocycles. The number of ether oxygens (including phenoxy) is 2. The van der Waals surface area contributed by atoms with Gasteiger partial charge in [-0.15, -0.1) is 0 Å². The van der Waals surface area contributed by atoms with Gasteiger partial charge in [0.05, 0.1) is 12.0 Å². The van der Waals surface area contributed by atoms with E-state index in [4.69, 9.17) is 9.47 Å². The van der Waals surface area contributed by atoms with E-state index in [0.29, 0.717) is 12.2 Å². The van der Waals surface area contributed by atoms with Gasteiger partial charge in [-0.2, -0.15) is 0 Å². The Morgan fingerprint density at radius 1 is 1.35 bits per heavy atom. The molecule has 26 heavy (non-hydrogen) atoms. The van der Waals surface area contributed by atoms with Crippen molar-refractivity contribution in [1.82, 2.24) is 0 Å². The summed E-state index contributed by atoms with van der Waals surface area (Å²) in [6.45, 7) is 10.6. The number of rotatable bonds is 7. The second kappa shape index (κ2) is 6.32. The topological polar surface area (TPSA) is 69.7 Å². The largest absolute Gasteiger partial charge is 0.463 e. The number of esters is 2. The van der Waals surface area contributed by atoms with Gasteiger partial charge in [0.25, 0.3) is 0 Å². The predicted molar refractivity (Wildman–Crippen MR) is 100 cm³/mol. The Bertz CT molecular complexity index is 674. The first-order chi connectivity index (χ1) is 12.0. The first kappa shape index (κ1) is 19.3. The van der Waals surface area contributed by atoms with Gasteiger partial charge in [-0.1, -0.05) is 19.6 Å². The molecule has 4 bridgehead atoms. The van der Waals surface area contributed by atoms with E-state index in [9.17, 15) is 14.4 Å². The highest BCUT2D eigenvalue weighted by atomic mass is 28.3. The van der Waals surface area contributed by atoms with Gasteiger partial charge in [-0.3, -0.25) is 9.59 Å². The first-order valence-corrected chi connectivity index (χ1v) is 13.3. The van der Waals surface area contributed by atoms with E-state index < -0.39 is 25.1 Å². The Hall–Kier alpha value is -1.43. The first-order valence-electron chi connectivity index (χ1n) is 9.60. The number of carbonyl (C=O) groups is 3. The van der Waals surface area contributed by atoms with E-state index in [2.05, 4.69) is 19.6 Å². The van der Waals surface area contributed by atoms with Gasteiger partial charge < -0.3 is 9.47 Å². The summed E-state index contributed by atoms with van der Waals surface area (Å²) >= 11 is 0. The monoisotopic (exact) mass is 378 g/mol. The van der Waals surface area contributed by atoms with Crippen molar-refractivity contribution in [1.29, 1.82) is 0 Å². The second-order valence-electron chi connectivity index (χ2n) is 9.68. The molecule has 4 rings (SSSR count). The Morgan fingerprint density at radius 2 is 2.04 bits per heavy atom. The van der Waals surface area contributed by atoms with Crippen LogP contribution in [0.25, 0.3) is 0 Å². The molecular weight excluding hydrogens is 348 g/mol. The molecule has 0 radical (unpaired) electrons. The van der Waals surface area contributed by atoms with Gasteiger partial charge in [-0.25, -0.2) is 4.79 Å². The zero-order valence-electron chi connectivity index (χ0n) is 16.5. The van der Waals surface area contributed by atoms with Crippen LogP contribution in [0.3, 0.4) is 0 Å². The maximum Gasteiger partial charge on any atom is 0.333 e. The van der Waals surface area contributed by atoms with Crippen LogP contribution in [0, 0.1) is 17.3 Å². The van der Waals surface area contributed by atoms with Crippen LogP contribution in [0.15, 0.2) is 11.6 Å². The van der Waals surface area contributed by atoms with Crippen LogP contribution >= 0.6 is 0 Å². The van der Waals surface area contributed by atoms with E-state index in [1.54, 1.807) is 6.92 Å². The molecule has 0 amide bonds. The summed E-state index contributed by atoms with van der Waals surface area (Å²) < 4.78 is 10.9. The van der Waals surface area contributed by atoms with Gasteiger partial charge in [0.1, 0.15) is 5.60 Å². The van der Waals surface area contributed by atoms with Crippen LogP contribution in [-0.2, 0) is 23.9 Å². The molecule has 1 saturated heterocycles. The van der Waals surface area contributed by atoms with Crippen LogP contribution in [0.2, 0.25) is 25.7 Å². The van der Waals surface area contributed by atoms with E-state index in [0.717, 1.165) is 25.3 Å². The molecule has 4 fully saturated rings. The minimum atomic E-state index is -1.26. The van der Waals surface area contributed by atoms with Crippen molar-refractivity contribution >= 4 is 25.8 Å². The summed E-state index contributed by atoms with van der Waals surface area (Å²) in [5.41, 5.74) is -0.746. The number of ketones is 1. The molecule has 0 N–H and O–H groups in total. The molecule has 4 atom stereocenters. The van der Waals surface area contributed by atoms with E-state index in [-0.39, 0.29) is 30.0 Å². The molecular formula is C20H30O5Si. The van der Waals surface area contributed by atoms with Crippen molar-refractivity contribution in [3.8, 4) is 0 Å². The number of fused-ring (bicyclic) bond motifs is 1. The molecule has 0 spiro atoms. The summed E-state index contributed by atoms with van der Waals surface area (Å²) in [7, 11) is -1.26. The average Bonchev–Trinajstić information content (AvgIpc) is 2.59. The van der Waals surface area contributed by atoms with Crippen LogP contribution in [0.1, 0.15) is 39.5 Å². The molecule has 0 aromatic heterocycles. The van der Waals surface area contributed by atoms with Gasteiger partial charge in [-0.05, 0) is 51.1 Å². The highest BCUT2D eigenvalue weighted by molar-refractivity contribution is 6.76. The molecule has 6 heteroatoms. The molecule has 3 saturated carbocycles. The lowest BCUT2D eigenvalue weighted by molar-refractivity contribution is -0.157. The fraction of sp³-hybridized carbons (Fsp3) is 0.750. The van der Waals surface area contributed by atoms with E-state index >= 15 is 0 Å². The number of carbonyl (C=O) groups excluding carboxylic acids is 3. The zero-order chi connectivity index (χ0) is 19.3. The SMILES string of the molecule is C/C(=C\C(=O)C[C@@]12C(=O)O[C@]3(C)CC[C@H]1C[C@H]23)C(=O)OCC[Si](C)(C)C. The third-order valence-corrected chi connectivity index (χ3v) is 8.26. The molecule has 4 aliphatic rings. The van der Waals surface area contributed by atoms with Crippen LogP contribution in [0.5, 0.6) is 0 Å². The molecule has 0 aromatic rings. The Kier molecular flexibility index (Phi) is 4.70. The van der Waals surface area contributed by atoms with Gasteiger partial charge in [0.15, 0.2) is 5.78 Å². The number of hydrogen-bond donors (Lipinski definition) is 0. The minimum absolute atomic E-state index is 0.141. The standard InChI is InChI=1S/C20H30O5Si/c1-13(17(22)24-8-9-26(3,4)5)10-15(21)12-20-14-6-7-19(2,16(20)11-14)25-18(20)23/h10,14,16H,6-9,11-12H2,1-5H3/b13-10+/t14-,16-,19+,20+/m0/s1. The fourth-order valence-electron chi connectivity index (χ4n) is 4.91. The molecule has 0 aromatic carbocycles. The van der Waals surface area contributed by atoms with Crippen molar-refractivity contribution in [3.05, 3.63) is 11.6 Å². The van der Waals surface area contributed by atoms with Crippen LogP contribution < -0.4 is 0 Å². The highest BCUT2D eigenvalue weighted by Gasteiger charge is 2.75. The summed E-state index contributed by atoms with van der Waals surface area (Å²) in [6.07, 6.45) is 4.30. The highest BCUT2D eigenvalue weighted by Crippen LogP contribution is 2.70. The third-order valence-electron chi connectivity index (χ3n) is 6.55. The maximum absolute atomic E-state index is 12.6. The lowest BCUT2D eigenvalue weighted by Crippen LogP contribution is -2.59. The summed E-state index contributed by atoms with van der Waals surface area (Å²) in [5.74, 6) is -0.445. The van der Waals surface area contributed by atoms with E-state index in [1.807, 2.05) is 6.92 Å². The Morgan fingerprint density at radius 3 is 2.65 bits per heavy atom. The quantitative estimate of drug-likeness (QED) is 0.385. The molecule has 3 aliphatic carbocycles. The lowest BCUT2D eigenvalue weighted by Gasteiger charge is -2.56. The van der Waals surface area contributed by atoms with Crippen molar-refractivity contribution < 1.29 is 23.9 Å². The minimum Gasteiger partial charge on any atom is -0.463 e. The smallest absolute Gasteiger partial charge is 0.333 e. The summed E-state index contributed by atoms with van der Waals surface area (Å²) in [5, 5.41) is 0. The van der Waals surface area contributed by atoms with E-state index in [1.165, 1.54) is 6.08 Å². The van der Waals surface area contributed by atoms with Gasteiger partial charge >= 0.3 is 11.9 Å². The van der Waals surface area contributed by atoms with Crippen molar-refractivity contribution in [3.63, 3.8) is 0 Å². The van der Waals surface area contributed by atoms with Crippen molar-refractivity contribution in [2.75, 3.05) is 6.61 Å². The summed E-state index contributed by atoms with van der Waals surface area (Å²) in [4.78, 5) is 37.2. The van der Waals surface area contributed by atoms with Crippen LogP contribution in [-0.4, -0.2) is 38.0 Å². The second-order valence-corrected chi connectivity index (χ2v) is 15.3. The Labute approximate surface area is 156 Å². The average molecular weight is 379 g/mol. The molecule has 1 aliphatic heterocycles. The summed E-state index contributed by atoms with van der Waals surface area (Å²) in [6, 6.07) is 0.900. The van der Waals surface area contributed by atoms with Crippen molar-refractivity contribution in [2.45, 2.75) is 70.8 Å². The zero-order valence-corrected chi connectivity index (χ0v) is 17.5. The van der Waals surface area contributed by atoms with Gasteiger partial charge in [0.2, 0.25) is 0 Å². The van der Waals surface area contributed by atoms with Gasteiger partial charge in [0, 0.05) is 26.0 Å². The number of hydrogen-bond acceptors (Lipinski definition) is 5. The predicted octanol–water partition coefficient (Wildman–Crippen LogP) is 3.51.